The molecule has 0 atom stereocenters. The molecule has 0 aliphatic carbocycles. The first-order chi connectivity index (χ1) is 14.2. The Kier molecular flexibility index (Phi) is 7.44. The van der Waals surface area contributed by atoms with E-state index >= 15 is 0 Å². The Hall–Kier alpha value is -3.09. The van der Waals surface area contributed by atoms with E-state index < -0.39 is 0 Å². The highest BCUT2D eigenvalue weighted by Crippen LogP contribution is 2.31. The van der Waals surface area contributed by atoms with Crippen molar-refractivity contribution >= 4 is 16.9 Å². The van der Waals surface area contributed by atoms with Crippen molar-refractivity contribution in [1.82, 2.24) is 20.2 Å². The second-order valence-corrected chi connectivity index (χ2v) is 6.80. The number of rotatable bonds is 10. The molecule has 3 N–H and O–H groups in total. The molecular formula is C22H31N5O2. The molecule has 0 unspecified atom stereocenters. The van der Waals surface area contributed by atoms with Crippen LogP contribution in [0, 0.1) is 0 Å². The van der Waals surface area contributed by atoms with E-state index in [1.54, 1.807) is 14.2 Å². The number of hydrogen-bond donors (Lipinski definition) is 3. The highest BCUT2D eigenvalue weighted by Gasteiger charge is 2.09. The van der Waals surface area contributed by atoms with Gasteiger partial charge >= 0.3 is 0 Å². The van der Waals surface area contributed by atoms with Gasteiger partial charge in [0.25, 0.3) is 0 Å². The van der Waals surface area contributed by atoms with Crippen LogP contribution < -0.4 is 20.1 Å². The third-order valence-corrected chi connectivity index (χ3v) is 4.73. The van der Waals surface area contributed by atoms with Gasteiger partial charge in [-0.05, 0) is 38.0 Å². The zero-order valence-electron chi connectivity index (χ0n) is 17.5. The molecule has 3 aromatic rings. The molecule has 3 rings (SSSR count). The Balaban J connectivity index is 1.53. The molecule has 0 radical (unpaired) electrons. The van der Waals surface area contributed by atoms with Gasteiger partial charge in [-0.25, -0.2) is 0 Å². The number of aryl methyl sites for hydroxylation is 1. The van der Waals surface area contributed by atoms with Crippen molar-refractivity contribution in [3.63, 3.8) is 0 Å². The van der Waals surface area contributed by atoms with Gasteiger partial charge in [0.2, 0.25) is 0 Å². The van der Waals surface area contributed by atoms with Crippen molar-refractivity contribution in [2.24, 2.45) is 4.99 Å². The van der Waals surface area contributed by atoms with Gasteiger partial charge in [0, 0.05) is 61.8 Å². The van der Waals surface area contributed by atoms with Crippen molar-refractivity contribution < 1.29 is 9.47 Å². The Morgan fingerprint density at radius 1 is 1.10 bits per heavy atom. The fraction of sp³-hybridized carbons (Fsp3) is 0.409. The number of methoxy groups -OCH3 is 2. The number of hydrogen-bond acceptors (Lipinski definition) is 3. The number of aliphatic imine (C=N–C) groups is 1. The highest BCUT2D eigenvalue weighted by molar-refractivity contribution is 5.88. The van der Waals surface area contributed by atoms with Crippen molar-refractivity contribution in [3.05, 3.63) is 48.4 Å². The Morgan fingerprint density at radius 2 is 1.93 bits per heavy atom. The summed E-state index contributed by atoms with van der Waals surface area (Å²) in [6, 6.07) is 10.1. The van der Waals surface area contributed by atoms with Gasteiger partial charge in [0.05, 0.1) is 19.7 Å². The standard InChI is InChI=1S/C22H31N5O2/c1-4-23-22(25-10-13-27-11-5-6-12-27)24-9-7-8-17-14-19-20(26-17)15-18(28-2)16-21(19)29-3/h5-6,11-12,14-16,26H,4,7-10,13H2,1-3H3,(H2,23,24,25). The second kappa shape index (κ2) is 10.5. The topological polar surface area (TPSA) is 75.6 Å². The number of H-pyrrole nitrogens is 1. The van der Waals surface area contributed by atoms with Crippen LogP contribution in [0.2, 0.25) is 0 Å². The molecule has 7 heteroatoms. The SMILES string of the molecule is CCNC(=NCCCc1cc2c(OC)cc(OC)cc2[nH]1)NCCn1cccc1. The third-order valence-electron chi connectivity index (χ3n) is 4.73. The molecule has 1 aromatic carbocycles. The number of aromatic amines is 1. The summed E-state index contributed by atoms with van der Waals surface area (Å²) in [6.07, 6.45) is 6.01. The van der Waals surface area contributed by atoms with Crippen LogP contribution in [-0.2, 0) is 13.0 Å². The lowest BCUT2D eigenvalue weighted by Gasteiger charge is -2.11. The maximum absolute atomic E-state index is 5.49. The molecule has 0 amide bonds. The van der Waals surface area contributed by atoms with Crippen LogP contribution in [0.4, 0.5) is 0 Å². The molecule has 0 fully saturated rings. The van der Waals surface area contributed by atoms with Gasteiger partial charge in [0.15, 0.2) is 5.96 Å². The summed E-state index contributed by atoms with van der Waals surface area (Å²) in [6.45, 7) is 5.44. The van der Waals surface area contributed by atoms with E-state index in [0.717, 1.165) is 67.4 Å². The van der Waals surface area contributed by atoms with Gasteiger partial charge in [0.1, 0.15) is 11.5 Å². The van der Waals surface area contributed by atoms with E-state index in [9.17, 15) is 0 Å². The fourth-order valence-electron chi connectivity index (χ4n) is 3.28. The Labute approximate surface area is 172 Å². The molecule has 0 saturated heterocycles. The van der Waals surface area contributed by atoms with Crippen molar-refractivity contribution in [1.29, 1.82) is 0 Å². The highest BCUT2D eigenvalue weighted by atomic mass is 16.5. The molecule has 156 valence electrons. The molecule has 0 aliphatic rings. The summed E-state index contributed by atoms with van der Waals surface area (Å²) in [5, 5.41) is 7.76. The number of ether oxygens (including phenoxy) is 2. The van der Waals surface area contributed by atoms with E-state index in [1.165, 1.54) is 5.69 Å². The van der Waals surface area contributed by atoms with Gasteiger partial charge in [-0.15, -0.1) is 0 Å². The average Bonchev–Trinajstić information content (AvgIpc) is 3.39. The van der Waals surface area contributed by atoms with E-state index in [1.807, 2.05) is 24.3 Å². The monoisotopic (exact) mass is 397 g/mol. The summed E-state index contributed by atoms with van der Waals surface area (Å²) < 4.78 is 13.0. The second-order valence-electron chi connectivity index (χ2n) is 6.80. The van der Waals surface area contributed by atoms with Gasteiger partial charge in [-0.3, -0.25) is 4.99 Å². The van der Waals surface area contributed by atoms with Crippen LogP contribution >= 0.6 is 0 Å². The minimum Gasteiger partial charge on any atom is -0.497 e. The summed E-state index contributed by atoms with van der Waals surface area (Å²) in [7, 11) is 3.35. The normalized spacial score (nSPS) is 11.6. The predicted molar refractivity (Wildman–Crippen MR) is 118 cm³/mol. The fourth-order valence-corrected chi connectivity index (χ4v) is 3.28. The first kappa shape index (κ1) is 20.6. The molecule has 0 bridgehead atoms. The van der Waals surface area contributed by atoms with Crippen molar-refractivity contribution in [2.75, 3.05) is 33.9 Å². The first-order valence-corrected chi connectivity index (χ1v) is 10.1. The maximum Gasteiger partial charge on any atom is 0.191 e. The molecule has 0 aliphatic heterocycles. The number of nitrogens with zero attached hydrogens (tertiary/aromatic N) is 2. The van der Waals surface area contributed by atoms with Gasteiger partial charge < -0.3 is 29.7 Å². The lowest BCUT2D eigenvalue weighted by molar-refractivity contribution is 0.398. The summed E-state index contributed by atoms with van der Waals surface area (Å²) in [4.78, 5) is 8.15. The van der Waals surface area contributed by atoms with Crippen LogP contribution in [0.1, 0.15) is 19.0 Å². The smallest absolute Gasteiger partial charge is 0.191 e. The van der Waals surface area contributed by atoms with Crippen LogP contribution in [0.5, 0.6) is 11.5 Å². The molecule has 29 heavy (non-hydrogen) atoms. The predicted octanol–water partition coefficient (Wildman–Crippen LogP) is 3.17. The zero-order valence-corrected chi connectivity index (χ0v) is 17.5. The van der Waals surface area contributed by atoms with Gasteiger partial charge in [-0.2, -0.15) is 0 Å². The largest absolute Gasteiger partial charge is 0.497 e. The Bertz CT molecular complexity index is 915. The number of guanidine groups is 1. The van der Waals surface area contributed by atoms with E-state index in [2.05, 4.69) is 50.6 Å². The lowest BCUT2D eigenvalue weighted by atomic mass is 10.2. The number of fused-ring (bicyclic) bond motifs is 1. The summed E-state index contributed by atoms with van der Waals surface area (Å²) in [5.74, 6) is 2.47. The van der Waals surface area contributed by atoms with Crippen LogP contribution in [0.3, 0.4) is 0 Å². The lowest BCUT2D eigenvalue weighted by Crippen LogP contribution is -2.38. The zero-order chi connectivity index (χ0) is 20.5. The number of nitrogens with one attached hydrogen (secondary N) is 3. The van der Waals surface area contributed by atoms with Crippen molar-refractivity contribution in [2.45, 2.75) is 26.3 Å². The quantitative estimate of drug-likeness (QED) is 0.279. The van der Waals surface area contributed by atoms with Crippen LogP contribution in [0.15, 0.2) is 47.7 Å². The molecule has 0 spiro atoms. The summed E-state index contributed by atoms with van der Waals surface area (Å²) >= 11 is 0. The molecule has 7 nitrogen and oxygen atoms in total. The minimum absolute atomic E-state index is 0.759. The molecule has 2 aromatic heterocycles. The Morgan fingerprint density at radius 3 is 2.66 bits per heavy atom. The van der Waals surface area contributed by atoms with Crippen molar-refractivity contribution in [3.8, 4) is 11.5 Å². The number of aromatic nitrogens is 2. The molecular weight excluding hydrogens is 366 g/mol. The molecule has 2 heterocycles. The number of benzene rings is 1. The van der Waals surface area contributed by atoms with Crippen LogP contribution in [0.25, 0.3) is 10.9 Å². The van der Waals surface area contributed by atoms with Gasteiger partial charge in [-0.1, -0.05) is 0 Å². The van der Waals surface area contributed by atoms with E-state index in [0.29, 0.717) is 0 Å². The molecule has 0 saturated carbocycles. The van der Waals surface area contributed by atoms with E-state index in [4.69, 9.17) is 9.47 Å². The van der Waals surface area contributed by atoms with E-state index in [-0.39, 0.29) is 0 Å². The first-order valence-electron chi connectivity index (χ1n) is 10.1. The van der Waals surface area contributed by atoms with Crippen LogP contribution in [-0.4, -0.2) is 49.4 Å². The minimum atomic E-state index is 0.759. The summed E-state index contributed by atoms with van der Waals surface area (Å²) in [5.41, 5.74) is 2.20. The average molecular weight is 398 g/mol. The third kappa shape index (κ3) is 5.70. The maximum atomic E-state index is 5.49.